The van der Waals surface area contributed by atoms with Crippen LogP contribution < -0.4 is 0 Å². The molecule has 1 amide bonds. The summed E-state index contributed by atoms with van der Waals surface area (Å²) in [6.07, 6.45) is 2.18. The molecule has 1 fully saturated rings. The van der Waals surface area contributed by atoms with Crippen molar-refractivity contribution in [3.63, 3.8) is 0 Å². The van der Waals surface area contributed by atoms with Gasteiger partial charge in [0.15, 0.2) is 0 Å². The molecule has 1 aromatic rings. The molecule has 1 saturated heterocycles. The largest absolute Gasteiger partial charge is 0.336 e. The first kappa shape index (κ1) is 12.2. The predicted molar refractivity (Wildman–Crippen MR) is 73.9 cm³/mol. The van der Waals surface area contributed by atoms with Crippen molar-refractivity contribution in [1.29, 1.82) is 0 Å². The van der Waals surface area contributed by atoms with Crippen molar-refractivity contribution < 1.29 is 4.79 Å². The number of amides is 1. The maximum Gasteiger partial charge on any atom is 0.255 e. The second kappa shape index (κ2) is 4.92. The number of carbonyl (C=O) groups excluding carboxylic acids is 1. The van der Waals surface area contributed by atoms with E-state index in [-0.39, 0.29) is 5.91 Å². The average molecular weight is 350 g/mol. The molecule has 0 unspecified atom stereocenters. The molecule has 1 aliphatic heterocycles. The molecule has 1 aromatic carbocycles. The van der Waals surface area contributed by atoms with E-state index < -0.39 is 0 Å². The van der Waals surface area contributed by atoms with E-state index in [9.17, 15) is 4.79 Å². The third-order valence-electron chi connectivity index (χ3n) is 2.97. The van der Waals surface area contributed by atoms with E-state index in [1.807, 2.05) is 17.0 Å². The Balaban J connectivity index is 2.29. The second-order valence-corrected chi connectivity index (χ2v) is 5.77. The first-order valence-electron chi connectivity index (χ1n) is 5.35. The molecule has 1 heterocycles. The van der Waals surface area contributed by atoms with Crippen LogP contribution >= 0.6 is 34.2 Å². The van der Waals surface area contributed by atoms with Crippen LogP contribution in [-0.2, 0) is 0 Å². The summed E-state index contributed by atoms with van der Waals surface area (Å²) in [5.41, 5.74) is 0.627. The summed E-state index contributed by atoms with van der Waals surface area (Å²) in [6, 6.07) is 5.89. The van der Waals surface area contributed by atoms with Crippen molar-refractivity contribution in [1.82, 2.24) is 4.90 Å². The number of benzene rings is 1. The molecule has 0 saturated carbocycles. The van der Waals surface area contributed by atoms with Crippen LogP contribution in [0.1, 0.15) is 30.1 Å². The van der Waals surface area contributed by atoms with E-state index in [0.717, 1.165) is 23.0 Å². The van der Waals surface area contributed by atoms with Crippen LogP contribution in [0.2, 0.25) is 5.02 Å². The number of carbonyl (C=O) groups is 1. The van der Waals surface area contributed by atoms with E-state index in [4.69, 9.17) is 11.6 Å². The van der Waals surface area contributed by atoms with E-state index >= 15 is 0 Å². The molecule has 1 aliphatic rings. The van der Waals surface area contributed by atoms with Gasteiger partial charge in [0.05, 0.1) is 10.6 Å². The van der Waals surface area contributed by atoms with E-state index in [1.165, 1.54) is 0 Å². The van der Waals surface area contributed by atoms with Crippen LogP contribution in [0, 0.1) is 3.57 Å². The second-order valence-electron chi connectivity index (χ2n) is 4.11. The average Bonchev–Trinajstić information content (AvgIpc) is 2.67. The van der Waals surface area contributed by atoms with Crippen molar-refractivity contribution in [2.45, 2.75) is 25.8 Å². The van der Waals surface area contributed by atoms with Gasteiger partial charge in [-0.15, -0.1) is 0 Å². The number of hydrogen-bond donors (Lipinski definition) is 0. The van der Waals surface area contributed by atoms with Gasteiger partial charge in [-0.05, 0) is 60.6 Å². The van der Waals surface area contributed by atoms with Crippen molar-refractivity contribution >= 4 is 40.1 Å². The lowest BCUT2D eigenvalue weighted by Crippen LogP contribution is -2.33. The van der Waals surface area contributed by atoms with Gasteiger partial charge in [0.1, 0.15) is 0 Å². The zero-order chi connectivity index (χ0) is 11.7. The summed E-state index contributed by atoms with van der Waals surface area (Å²) in [7, 11) is 0. The van der Waals surface area contributed by atoms with Crippen LogP contribution in [0.25, 0.3) is 0 Å². The highest BCUT2D eigenvalue weighted by Gasteiger charge is 2.27. The normalized spacial score (nSPS) is 20.2. The quantitative estimate of drug-likeness (QED) is 0.710. The monoisotopic (exact) mass is 349 g/mol. The summed E-state index contributed by atoms with van der Waals surface area (Å²) < 4.78 is 1.04. The fraction of sp³-hybridized carbons (Fsp3) is 0.417. The van der Waals surface area contributed by atoms with Gasteiger partial charge in [-0.25, -0.2) is 0 Å². The lowest BCUT2D eigenvalue weighted by Gasteiger charge is -2.22. The van der Waals surface area contributed by atoms with Crippen LogP contribution in [-0.4, -0.2) is 23.4 Å². The highest BCUT2D eigenvalue weighted by molar-refractivity contribution is 14.1. The molecule has 1 atom stereocenters. The molecule has 0 N–H and O–H groups in total. The topological polar surface area (TPSA) is 20.3 Å². The molecule has 0 aromatic heterocycles. The fourth-order valence-corrected chi connectivity index (χ4v) is 2.74. The highest BCUT2D eigenvalue weighted by Crippen LogP contribution is 2.24. The molecule has 4 heteroatoms. The lowest BCUT2D eigenvalue weighted by molar-refractivity contribution is 0.0747. The maximum atomic E-state index is 12.3. The Morgan fingerprint density at radius 3 is 2.94 bits per heavy atom. The highest BCUT2D eigenvalue weighted by atomic mass is 127. The Morgan fingerprint density at radius 1 is 1.56 bits per heavy atom. The van der Waals surface area contributed by atoms with Gasteiger partial charge in [0.2, 0.25) is 0 Å². The minimum absolute atomic E-state index is 0.0634. The predicted octanol–water partition coefficient (Wildman–Crippen LogP) is 3.57. The third-order valence-corrected chi connectivity index (χ3v) is 3.97. The van der Waals surface area contributed by atoms with Crippen LogP contribution in [0.15, 0.2) is 18.2 Å². The van der Waals surface area contributed by atoms with E-state index in [1.54, 1.807) is 6.07 Å². The molecule has 0 bridgehead atoms. The number of hydrogen-bond acceptors (Lipinski definition) is 1. The minimum atomic E-state index is 0.0634. The fourth-order valence-electron chi connectivity index (χ4n) is 2.05. The van der Waals surface area contributed by atoms with Gasteiger partial charge in [-0.3, -0.25) is 4.79 Å². The Bertz CT molecular complexity index is 421. The van der Waals surface area contributed by atoms with Crippen molar-refractivity contribution in [3.05, 3.63) is 32.4 Å². The smallest absolute Gasteiger partial charge is 0.255 e. The Kier molecular flexibility index (Phi) is 3.74. The molecule has 2 rings (SSSR count). The summed E-state index contributed by atoms with van der Waals surface area (Å²) in [5.74, 6) is 0.0634. The minimum Gasteiger partial charge on any atom is -0.336 e. The summed E-state index contributed by atoms with van der Waals surface area (Å²) in [6.45, 7) is 2.94. The van der Waals surface area contributed by atoms with Gasteiger partial charge in [0, 0.05) is 16.2 Å². The van der Waals surface area contributed by atoms with Crippen molar-refractivity contribution in [2.24, 2.45) is 0 Å². The molecule has 0 radical (unpaired) electrons. The van der Waals surface area contributed by atoms with Gasteiger partial charge >= 0.3 is 0 Å². The molecule has 16 heavy (non-hydrogen) atoms. The molecular weight excluding hydrogens is 336 g/mol. The van der Waals surface area contributed by atoms with E-state index in [2.05, 4.69) is 29.5 Å². The number of likely N-dealkylation sites (tertiary alicyclic amines) is 1. The van der Waals surface area contributed by atoms with Crippen LogP contribution in [0.3, 0.4) is 0 Å². The standard InChI is InChI=1S/C12H13ClINO/c1-8-3-2-6-15(8)12(16)10-7-9(14)4-5-11(10)13/h4-5,7-8H,2-3,6H2,1H3/t8-/m0/s1. The van der Waals surface area contributed by atoms with Gasteiger partial charge in [-0.2, -0.15) is 0 Å². The Hall–Kier alpha value is -0.290. The maximum absolute atomic E-state index is 12.3. The molecule has 0 aliphatic carbocycles. The summed E-state index contributed by atoms with van der Waals surface area (Å²) >= 11 is 8.26. The number of halogens is 2. The van der Waals surface area contributed by atoms with Gasteiger partial charge in [-0.1, -0.05) is 11.6 Å². The summed E-state index contributed by atoms with van der Waals surface area (Å²) in [5, 5.41) is 0.546. The first-order chi connectivity index (χ1) is 7.59. The van der Waals surface area contributed by atoms with Crippen molar-refractivity contribution in [3.8, 4) is 0 Å². The van der Waals surface area contributed by atoms with Crippen LogP contribution in [0.5, 0.6) is 0 Å². The van der Waals surface area contributed by atoms with Crippen LogP contribution in [0.4, 0.5) is 0 Å². The molecule has 86 valence electrons. The zero-order valence-electron chi connectivity index (χ0n) is 9.04. The van der Waals surface area contributed by atoms with Crippen molar-refractivity contribution in [2.75, 3.05) is 6.54 Å². The molecule has 2 nitrogen and oxygen atoms in total. The number of rotatable bonds is 1. The van der Waals surface area contributed by atoms with Gasteiger partial charge in [0.25, 0.3) is 5.91 Å². The zero-order valence-corrected chi connectivity index (χ0v) is 12.0. The Morgan fingerprint density at radius 2 is 2.31 bits per heavy atom. The lowest BCUT2D eigenvalue weighted by atomic mass is 10.2. The SMILES string of the molecule is C[C@H]1CCCN1C(=O)c1cc(I)ccc1Cl. The van der Waals surface area contributed by atoms with Gasteiger partial charge < -0.3 is 4.90 Å². The summed E-state index contributed by atoms with van der Waals surface area (Å²) in [4.78, 5) is 14.2. The number of nitrogens with zero attached hydrogens (tertiary/aromatic N) is 1. The third kappa shape index (κ3) is 2.35. The molecule has 0 spiro atoms. The molecular formula is C12H13ClINO. The van der Waals surface area contributed by atoms with E-state index in [0.29, 0.717) is 16.6 Å². The Labute approximate surface area is 114 Å². The first-order valence-corrected chi connectivity index (χ1v) is 6.81.